The highest BCUT2D eigenvalue weighted by Gasteiger charge is 2.25. The van der Waals surface area contributed by atoms with Gasteiger partial charge in [-0.15, -0.1) is 0 Å². The van der Waals surface area contributed by atoms with E-state index in [1.54, 1.807) is 24.3 Å². The van der Waals surface area contributed by atoms with Gasteiger partial charge < -0.3 is 25.2 Å². The molecule has 26 heavy (non-hydrogen) atoms. The van der Waals surface area contributed by atoms with E-state index < -0.39 is 0 Å². The van der Waals surface area contributed by atoms with Crippen LogP contribution in [-0.2, 0) is 9.53 Å². The van der Waals surface area contributed by atoms with Crippen LogP contribution in [0.15, 0.2) is 24.3 Å². The third-order valence-electron chi connectivity index (χ3n) is 5.11. The van der Waals surface area contributed by atoms with Gasteiger partial charge in [0.25, 0.3) is 5.91 Å². The van der Waals surface area contributed by atoms with E-state index in [0.717, 1.165) is 25.9 Å². The molecule has 2 aliphatic rings. The van der Waals surface area contributed by atoms with E-state index in [0.29, 0.717) is 31.0 Å². The number of morpholine rings is 1. The van der Waals surface area contributed by atoms with Crippen molar-refractivity contribution >= 4 is 17.5 Å². The van der Waals surface area contributed by atoms with Gasteiger partial charge in [-0.25, -0.2) is 0 Å². The third kappa shape index (κ3) is 4.60. The van der Waals surface area contributed by atoms with E-state index in [1.807, 2.05) is 11.9 Å². The Labute approximate surface area is 154 Å². The molecular formula is C19H28N4O3. The average Bonchev–Trinajstić information content (AvgIpc) is 2.68. The third-order valence-corrected chi connectivity index (χ3v) is 5.11. The highest BCUT2D eigenvalue weighted by atomic mass is 16.5. The number of amides is 2. The Hall–Kier alpha value is -1.96. The van der Waals surface area contributed by atoms with Crippen LogP contribution in [0.1, 0.15) is 23.2 Å². The van der Waals surface area contributed by atoms with E-state index >= 15 is 0 Å². The largest absolute Gasteiger partial charge is 0.378 e. The van der Waals surface area contributed by atoms with Crippen molar-refractivity contribution in [1.29, 1.82) is 0 Å². The number of anilines is 1. The number of piperidine rings is 1. The molecule has 2 N–H and O–H groups in total. The molecule has 0 saturated carbocycles. The monoisotopic (exact) mass is 360 g/mol. The maximum absolute atomic E-state index is 12.7. The Bertz CT molecular complexity index is 628. The molecule has 1 aromatic rings. The van der Waals surface area contributed by atoms with Gasteiger partial charge in [0, 0.05) is 37.4 Å². The molecule has 0 radical (unpaired) electrons. The molecule has 142 valence electrons. The van der Waals surface area contributed by atoms with E-state index in [9.17, 15) is 9.59 Å². The fraction of sp³-hybridized carbons (Fsp3) is 0.579. The summed E-state index contributed by atoms with van der Waals surface area (Å²) in [6.45, 7) is 3.68. The van der Waals surface area contributed by atoms with Gasteiger partial charge in [0.05, 0.1) is 13.2 Å². The molecular weight excluding hydrogens is 332 g/mol. The number of ether oxygens (including phenoxy) is 1. The number of carbonyl (C=O) groups excluding carboxylic acids is 2. The van der Waals surface area contributed by atoms with Gasteiger partial charge in [0.2, 0.25) is 5.91 Å². The van der Waals surface area contributed by atoms with Gasteiger partial charge >= 0.3 is 0 Å². The van der Waals surface area contributed by atoms with Gasteiger partial charge in [-0.05, 0) is 50.7 Å². The molecule has 1 aromatic carbocycles. The Morgan fingerprint density at radius 1 is 1.31 bits per heavy atom. The van der Waals surface area contributed by atoms with Crippen molar-refractivity contribution in [2.45, 2.75) is 24.9 Å². The molecule has 2 aliphatic heterocycles. The number of likely N-dealkylation sites (tertiary alicyclic amines) is 1. The Morgan fingerprint density at radius 2 is 2.08 bits per heavy atom. The minimum absolute atomic E-state index is 0.0190. The number of benzene rings is 1. The molecule has 7 heteroatoms. The van der Waals surface area contributed by atoms with Gasteiger partial charge in [0.15, 0.2) is 0 Å². The summed E-state index contributed by atoms with van der Waals surface area (Å²) < 4.78 is 5.31. The predicted molar refractivity (Wildman–Crippen MR) is 100 cm³/mol. The summed E-state index contributed by atoms with van der Waals surface area (Å²) in [5, 5.41) is 5.98. The summed E-state index contributed by atoms with van der Waals surface area (Å²) in [7, 11) is 3.96. The van der Waals surface area contributed by atoms with E-state index in [2.05, 4.69) is 22.6 Å². The highest BCUT2D eigenvalue weighted by Crippen LogP contribution is 2.17. The number of nitrogens with zero attached hydrogens (tertiary/aromatic N) is 2. The number of nitrogens with one attached hydrogen (secondary N) is 2. The first-order valence-corrected chi connectivity index (χ1v) is 9.22. The number of rotatable bonds is 4. The van der Waals surface area contributed by atoms with Crippen LogP contribution < -0.4 is 10.6 Å². The molecule has 0 bridgehead atoms. The molecule has 2 saturated heterocycles. The van der Waals surface area contributed by atoms with E-state index in [-0.39, 0.29) is 23.9 Å². The standard InChI is InChI=1S/C19H28N4O3/c1-22-10-3-4-16(12-22)23(2)19(25)14-5-7-15(8-6-14)21-18(24)17-13-26-11-9-20-17/h5-8,16-17,20H,3-4,9-13H2,1-2H3,(H,21,24). The number of hydrogen-bond acceptors (Lipinski definition) is 5. The topological polar surface area (TPSA) is 73.9 Å². The van der Waals surface area contributed by atoms with Crippen molar-refractivity contribution in [3.05, 3.63) is 29.8 Å². The van der Waals surface area contributed by atoms with Crippen LogP contribution in [0.2, 0.25) is 0 Å². The first-order valence-electron chi connectivity index (χ1n) is 9.22. The lowest BCUT2D eigenvalue weighted by Gasteiger charge is -2.35. The van der Waals surface area contributed by atoms with Crippen molar-refractivity contribution in [1.82, 2.24) is 15.1 Å². The molecule has 2 atom stereocenters. The second-order valence-electron chi connectivity index (χ2n) is 7.12. The molecule has 0 aromatic heterocycles. The molecule has 2 fully saturated rings. The summed E-state index contributed by atoms with van der Waals surface area (Å²) in [4.78, 5) is 29.0. The second-order valence-corrected chi connectivity index (χ2v) is 7.12. The van der Waals surface area contributed by atoms with Gasteiger partial charge in [-0.1, -0.05) is 0 Å². The zero-order chi connectivity index (χ0) is 18.5. The summed E-state index contributed by atoms with van der Waals surface area (Å²) in [6, 6.07) is 7.00. The summed E-state index contributed by atoms with van der Waals surface area (Å²) in [5.74, 6) is -0.100. The van der Waals surface area contributed by atoms with Crippen LogP contribution >= 0.6 is 0 Å². The van der Waals surface area contributed by atoms with Crippen LogP contribution in [0.25, 0.3) is 0 Å². The first-order chi connectivity index (χ1) is 12.5. The van der Waals surface area contributed by atoms with Gasteiger partial charge in [0.1, 0.15) is 6.04 Å². The van der Waals surface area contributed by atoms with Crippen molar-refractivity contribution in [3.8, 4) is 0 Å². The Kier molecular flexibility index (Phi) is 6.24. The minimum atomic E-state index is -0.334. The number of likely N-dealkylation sites (N-methyl/N-ethyl adjacent to an activating group) is 2. The van der Waals surface area contributed by atoms with Crippen molar-refractivity contribution in [2.75, 3.05) is 52.3 Å². The van der Waals surface area contributed by atoms with Crippen molar-refractivity contribution in [3.63, 3.8) is 0 Å². The molecule has 2 unspecified atom stereocenters. The second kappa shape index (κ2) is 8.62. The summed E-state index contributed by atoms with van der Waals surface area (Å²) in [5.41, 5.74) is 1.32. The predicted octanol–water partition coefficient (Wildman–Crippen LogP) is 0.780. The maximum atomic E-state index is 12.7. The fourth-order valence-electron chi connectivity index (χ4n) is 3.48. The van der Waals surface area contributed by atoms with E-state index in [4.69, 9.17) is 4.74 Å². The smallest absolute Gasteiger partial charge is 0.253 e. The number of carbonyl (C=O) groups is 2. The van der Waals surface area contributed by atoms with Crippen LogP contribution in [-0.4, -0.2) is 80.6 Å². The zero-order valence-electron chi connectivity index (χ0n) is 15.5. The van der Waals surface area contributed by atoms with Crippen LogP contribution in [0.3, 0.4) is 0 Å². The maximum Gasteiger partial charge on any atom is 0.253 e. The molecule has 0 aliphatic carbocycles. The normalized spacial score (nSPS) is 24.1. The highest BCUT2D eigenvalue weighted by molar-refractivity contribution is 5.97. The molecule has 2 amide bonds. The van der Waals surface area contributed by atoms with E-state index in [1.165, 1.54) is 0 Å². The quantitative estimate of drug-likeness (QED) is 0.830. The van der Waals surface area contributed by atoms with Crippen LogP contribution in [0.4, 0.5) is 5.69 Å². The Morgan fingerprint density at radius 3 is 2.73 bits per heavy atom. The molecule has 7 nitrogen and oxygen atoms in total. The lowest BCUT2D eigenvalue weighted by atomic mass is 10.0. The molecule has 2 heterocycles. The first kappa shape index (κ1) is 18.8. The SMILES string of the molecule is CN1CCCC(N(C)C(=O)c2ccc(NC(=O)C3COCCN3)cc2)C1. The van der Waals surface area contributed by atoms with Gasteiger partial charge in [-0.3, -0.25) is 9.59 Å². The summed E-state index contributed by atoms with van der Waals surface area (Å²) in [6.07, 6.45) is 2.15. The minimum Gasteiger partial charge on any atom is -0.378 e. The Balaban J connectivity index is 1.57. The van der Waals surface area contributed by atoms with Gasteiger partial charge in [-0.2, -0.15) is 0 Å². The average molecular weight is 360 g/mol. The fourth-order valence-corrected chi connectivity index (χ4v) is 3.48. The van der Waals surface area contributed by atoms with Crippen molar-refractivity contribution in [2.24, 2.45) is 0 Å². The summed E-state index contributed by atoms with van der Waals surface area (Å²) >= 11 is 0. The lowest BCUT2D eigenvalue weighted by molar-refractivity contribution is -0.120. The molecule has 3 rings (SSSR count). The lowest BCUT2D eigenvalue weighted by Crippen LogP contribution is -2.48. The van der Waals surface area contributed by atoms with Crippen LogP contribution in [0, 0.1) is 0 Å². The van der Waals surface area contributed by atoms with Crippen LogP contribution in [0.5, 0.6) is 0 Å². The molecule has 0 spiro atoms. The van der Waals surface area contributed by atoms with Crippen molar-refractivity contribution < 1.29 is 14.3 Å². The number of hydrogen-bond donors (Lipinski definition) is 2. The zero-order valence-corrected chi connectivity index (χ0v) is 15.5.